The van der Waals surface area contributed by atoms with Gasteiger partial charge in [0.05, 0.1) is 9.81 Å². The summed E-state index contributed by atoms with van der Waals surface area (Å²) in [5.74, 6) is -1.86. The predicted molar refractivity (Wildman–Crippen MR) is 51.6 cm³/mol. The highest BCUT2D eigenvalue weighted by molar-refractivity contribution is 8.39. The van der Waals surface area contributed by atoms with E-state index in [9.17, 15) is 9.59 Å². The highest BCUT2D eigenvalue weighted by Crippen LogP contribution is 2.52. The molecule has 0 bridgehead atoms. The fraction of sp³-hybridized carbons (Fsp3) is 0.429. The third-order valence-electron chi connectivity index (χ3n) is 1.49. The summed E-state index contributed by atoms with van der Waals surface area (Å²) in [5, 5.41) is 17.2. The number of hydrogen-bond donors (Lipinski definition) is 2. The standard InChI is InChI=1S/C7H8O4S2/c1-2-3(4(8)9)6-12-7(13-6)5(10)11/h7H,2H2,1H3,(H,8,9)(H,10,11). The Labute approximate surface area is 83.4 Å². The Morgan fingerprint density at radius 2 is 1.92 bits per heavy atom. The average Bonchev–Trinajstić information content (AvgIpc) is 1.93. The van der Waals surface area contributed by atoms with Crippen molar-refractivity contribution in [2.45, 2.75) is 17.9 Å². The zero-order valence-corrected chi connectivity index (χ0v) is 8.44. The second-order valence-electron chi connectivity index (χ2n) is 2.33. The topological polar surface area (TPSA) is 74.6 Å². The largest absolute Gasteiger partial charge is 0.480 e. The lowest BCUT2D eigenvalue weighted by Gasteiger charge is -2.25. The molecule has 72 valence electrons. The molecule has 1 aliphatic rings. The highest BCUT2D eigenvalue weighted by atomic mass is 32.3. The van der Waals surface area contributed by atoms with E-state index >= 15 is 0 Å². The molecule has 1 aliphatic heterocycles. The quantitative estimate of drug-likeness (QED) is 0.703. The van der Waals surface area contributed by atoms with Gasteiger partial charge in [0, 0.05) is 0 Å². The van der Waals surface area contributed by atoms with Gasteiger partial charge >= 0.3 is 11.9 Å². The monoisotopic (exact) mass is 220 g/mol. The Kier molecular flexibility index (Phi) is 3.27. The van der Waals surface area contributed by atoms with Crippen molar-refractivity contribution < 1.29 is 19.8 Å². The van der Waals surface area contributed by atoms with Crippen molar-refractivity contribution in [2.24, 2.45) is 0 Å². The van der Waals surface area contributed by atoms with Crippen molar-refractivity contribution in [3.8, 4) is 0 Å². The zero-order chi connectivity index (χ0) is 10.0. The number of carboxylic acid groups (broad SMARTS) is 2. The van der Waals surface area contributed by atoms with E-state index in [0.717, 1.165) is 23.5 Å². The summed E-state index contributed by atoms with van der Waals surface area (Å²) in [6, 6.07) is 0. The van der Waals surface area contributed by atoms with Crippen LogP contribution in [0, 0.1) is 0 Å². The number of thioether (sulfide) groups is 2. The van der Waals surface area contributed by atoms with Crippen molar-refractivity contribution >= 4 is 35.5 Å². The lowest BCUT2D eigenvalue weighted by atomic mass is 10.2. The molecule has 0 aromatic rings. The van der Waals surface area contributed by atoms with Gasteiger partial charge in [0.15, 0.2) is 4.58 Å². The maximum Gasteiger partial charge on any atom is 0.333 e. The molecule has 0 aromatic heterocycles. The molecule has 1 saturated heterocycles. The van der Waals surface area contributed by atoms with Gasteiger partial charge < -0.3 is 10.2 Å². The molecular weight excluding hydrogens is 212 g/mol. The van der Waals surface area contributed by atoms with Gasteiger partial charge in [-0.2, -0.15) is 0 Å². The zero-order valence-electron chi connectivity index (χ0n) is 6.81. The van der Waals surface area contributed by atoms with Crippen molar-refractivity contribution in [1.29, 1.82) is 0 Å². The Bertz CT molecular complexity index is 276. The smallest absolute Gasteiger partial charge is 0.333 e. The molecule has 0 amide bonds. The average molecular weight is 220 g/mol. The molecular formula is C7H8O4S2. The van der Waals surface area contributed by atoms with E-state index in [1.807, 2.05) is 0 Å². The van der Waals surface area contributed by atoms with Gasteiger partial charge in [-0.15, -0.1) is 0 Å². The molecule has 0 unspecified atom stereocenters. The SMILES string of the molecule is CCC(C(=O)O)=C1SC(C(=O)O)S1. The minimum Gasteiger partial charge on any atom is -0.480 e. The molecule has 1 heterocycles. The molecule has 0 spiro atoms. The lowest BCUT2D eigenvalue weighted by molar-refractivity contribution is -0.135. The van der Waals surface area contributed by atoms with Crippen molar-refractivity contribution in [2.75, 3.05) is 0 Å². The van der Waals surface area contributed by atoms with Crippen LogP contribution in [-0.2, 0) is 9.59 Å². The van der Waals surface area contributed by atoms with Crippen LogP contribution in [0.25, 0.3) is 0 Å². The summed E-state index contributed by atoms with van der Waals surface area (Å²) in [6.07, 6.45) is 0.428. The van der Waals surface area contributed by atoms with E-state index < -0.39 is 16.5 Å². The highest BCUT2D eigenvalue weighted by Gasteiger charge is 2.35. The van der Waals surface area contributed by atoms with E-state index in [1.165, 1.54) is 0 Å². The van der Waals surface area contributed by atoms with E-state index in [2.05, 4.69) is 0 Å². The summed E-state index contributed by atoms with van der Waals surface area (Å²) in [7, 11) is 0. The van der Waals surface area contributed by atoms with E-state index in [-0.39, 0.29) is 0 Å². The molecule has 0 saturated carbocycles. The van der Waals surface area contributed by atoms with Crippen molar-refractivity contribution in [3.05, 3.63) is 9.81 Å². The summed E-state index contributed by atoms with van der Waals surface area (Å²) in [6.45, 7) is 1.74. The number of aliphatic carboxylic acids is 2. The number of rotatable bonds is 3. The molecule has 1 rings (SSSR count). The number of carbonyl (C=O) groups is 2. The Morgan fingerprint density at radius 3 is 2.23 bits per heavy atom. The van der Waals surface area contributed by atoms with Crippen molar-refractivity contribution in [1.82, 2.24) is 0 Å². The number of carboxylic acids is 2. The van der Waals surface area contributed by atoms with Crippen LogP contribution in [0.1, 0.15) is 13.3 Å². The van der Waals surface area contributed by atoms with Crippen LogP contribution < -0.4 is 0 Å². The summed E-state index contributed by atoms with van der Waals surface area (Å²) >= 11 is 2.21. The molecule has 0 aromatic carbocycles. The normalized spacial score (nSPS) is 20.7. The van der Waals surface area contributed by atoms with Crippen LogP contribution in [0.5, 0.6) is 0 Å². The summed E-state index contributed by atoms with van der Waals surface area (Å²) < 4.78 is 0.0956. The second-order valence-corrected chi connectivity index (χ2v) is 5.12. The molecule has 13 heavy (non-hydrogen) atoms. The van der Waals surface area contributed by atoms with E-state index in [0.29, 0.717) is 16.2 Å². The minimum absolute atomic E-state index is 0.312. The molecule has 4 nitrogen and oxygen atoms in total. The lowest BCUT2D eigenvalue weighted by Crippen LogP contribution is -2.20. The second kappa shape index (κ2) is 4.06. The molecule has 0 aliphatic carbocycles. The fourth-order valence-corrected chi connectivity index (χ4v) is 3.05. The van der Waals surface area contributed by atoms with Gasteiger partial charge in [-0.3, -0.25) is 4.79 Å². The van der Waals surface area contributed by atoms with Gasteiger partial charge in [-0.1, -0.05) is 30.4 Å². The van der Waals surface area contributed by atoms with Gasteiger partial charge in [-0.05, 0) is 6.42 Å². The Morgan fingerprint density at radius 1 is 1.38 bits per heavy atom. The first-order chi connectivity index (χ1) is 6.06. The summed E-state index contributed by atoms with van der Waals surface area (Å²) in [5.41, 5.74) is 0.312. The Hall–Kier alpha value is -0.620. The molecule has 6 heteroatoms. The van der Waals surface area contributed by atoms with E-state index in [4.69, 9.17) is 10.2 Å². The summed E-state index contributed by atoms with van der Waals surface area (Å²) in [4.78, 5) is 21.0. The first kappa shape index (κ1) is 10.5. The molecule has 0 atom stereocenters. The van der Waals surface area contributed by atoms with E-state index in [1.54, 1.807) is 6.92 Å². The van der Waals surface area contributed by atoms with Gasteiger partial charge in [0.2, 0.25) is 0 Å². The van der Waals surface area contributed by atoms with Crippen LogP contribution in [-0.4, -0.2) is 26.7 Å². The number of hydrogen-bond acceptors (Lipinski definition) is 4. The van der Waals surface area contributed by atoms with Crippen LogP contribution >= 0.6 is 23.5 Å². The van der Waals surface area contributed by atoms with Crippen LogP contribution in [0.15, 0.2) is 9.81 Å². The van der Waals surface area contributed by atoms with Gasteiger partial charge in [-0.25, -0.2) is 4.79 Å². The molecule has 0 radical (unpaired) electrons. The maximum atomic E-state index is 10.6. The van der Waals surface area contributed by atoms with Crippen molar-refractivity contribution in [3.63, 3.8) is 0 Å². The third kappa shape index (κ3) is 2.19. The van der Waals surface area contributed by atoms with Crippen LogP contribution in [0.2, 0.25) is 0 Å². The van der Waals surface area contributed by atoms with Crippen LogP contribution in [0.3, 0.4) is 0 Å². The molecule has 2 N–H and O–H groups in total. The third-order valence-corrected chi connectivity index (χ3v) is 4.39. The first-order valence-corrected chi connectivity index (χ1v) is 5.34. The minimum atomic E-state index is -0.957. The van der Waals surface area contributed by atoms with Gasteiger partial charge in [0.25, 0.3) is 0 Å². The van der Waals surface area contributed by atoms with Crippen LogP contribution in [0.4, 0.5) is 0 Å². The van der Waals surface area contributed by atoms with Gasteiger partial charge in [0.1, 0.15) is 0 Å². The maximum absolute atomic E-state index is 10.6. The first-order valence-electron chi connectivity index (χ1n) is 3.58. The fourth-order valence-electron chi connectivity index (χ4n) is 0.829. The predicted octanol–water partition coefficient (Wildman–Crippen LogP) is 1.58. The Balaban J connectivity index is 2.66. The molecule has 1 fully saturated rings.